The Labute approximate surface area is 371 Å². The molecule has 1 aliphatic carbocycles. The molecule has 0 radical (unpaired) electrons. The number of rotatable bonds is 10. The summed E-state index contributed by atoms with van der Waals surface area (Å²) in [7, 11) is 1.48. The number of hydrogen-bond donors (Lipinski definition) is 2. The number of esters is 1. The van der Waals surface area contributed by atoms with Crippen molar-refractivity contribution in [2.24, 2.45) is 5.92 Å². The van der Waals surface area contributed by atoms with E-state index in [-0.39, 0.29) is 31.2 Å². The number of aromatic hydroxyl groups is 1. The van der Waals surface area contributed by atoms with E-state index in [0.717, 1.165) is 47.4 Å². The number of nitrogens with zero attached hydrogens (tertiary/aromatic N) is 3. The third kappa shape index (κ3) is 7.71. The Kier molecular flexibility index (Phi) is 12.1. The second-order valence-electron chi connectivity index (χ2n) is 16.4. The molecule has 4 aliphatic rings. The van der Waals surface area contributed by atoms with Crippen molar-refractivity contribution < 1.29 is 38.5 Å². The van der Waals surface area contributed by atoms with Crippen LogP contribution >= 0.6 is 0 Å². The molecule has 4 heterocycles. The predicted octanol–water partition coefficient (Wildman–Crippen LogP) is 7.45. The Hall–Kier alpha value is -7.07. The van der Waals surface area contributed by atoms with E-state index in [2.05, 4.69) is 28.2 Å². The Morgan fingerprint density at radius 2 is 1.61 bits per heavy atom. The molecular weight excluding hydrogens is 809 g/mol. The predicted molar refractivity (Wildman–Crippen MR) is 238 cm³/mol. The van der Waals surface area contributed by atoms with Gasteiger partial charge in [-0.1, -0.05) is 96.8 Å². The van der Waals surface area contributed by atoms with Gasteiger partial charge in [0, 0.05) is 37.5 Å². The Morgan fingerprint density at radius 3 is 2.31 bits per heavy atom. The number of ether oxygens (including phenoxy) is 3. The van der Waals surface area contributed by atoms with Crippen molar-refractivity contribution in [3.63, 3.8) is 0 Å². The van der Waals surface area contributed by atoms with Gasteiger partial charge in [-0.3, -0.25) is 24.3 Å². The molecule has 4 aromatic carbocycles. The number of cyclic esters (lactones) is 1. The molecule has 0 saturated carbocycles. The minimum absolute atomic E-state index is 0.0212. The second kappa shape index (κ2) is 18.3. The highest BCUT2D eigenvalue weighted by atomic mass is 16.6. The summed E-state index contributed by atoms with van der Waals surface area (Å²) >= 11 is 0. The summed E-state index contributed by atoms with van der Waals surface area (Å²) in [6.45, 7) is 0.0665. The average molecular weight is 857 g/mol. The summed E-state index contributed by atoms with van der Waals surface area (Å²) in [5.74, 6) is 3.11. The first-order valence-corrected chi connectivity index (χ1v) is 21.7. The Balaban J connectivity index is 1.31. The van der Waals surface area contributed by atoms with E-state index in [1.54, 1.807) is 36.5 Å². The summed E-state index contributed by atoms with van der Waals surface area (Å²) in [4.78, 5) is 68.7. The number of allylic oxidation sites excluding steroid dienone is 2. The largest absolute Gasteiger partial charge is 0.508 e. The molecule has 12 heteroatoms. The highest BCUT2D eigenvalue weighted by Gasteiger charge is 2.75. The number of anilines is 1. The molecule has 3 aliphatic heterocycles. The zero-order valence-corrected chi connectivity index (χ0v) is 35.4. The van der Waals surface area contributed by atoms with Crippen LogP contribution in [-0.4, -0.2) is 71.8 Å². The Bertz CT molecular complexity index is 2630. The van der Waals surface area contributed by atoms with Gasteiger partial charge in [0.25, 0.3) is 0 Å². The molecule has 0 bridgehead atoms. The fourth-order valence-electron chi connectivity index (χ4n) is 9.97. The molecule has 2 saturated heterocycles. The van der Waals surface area contributed by atoms with Crippen molar-refractivity contribution in [3.05, 3.63) is 173 Å². The molecule has 9 rings (SSSR count). The van der Waals surface area contributed by atoms with Crippen LogP contribution in [-0.2, 0) is 40.4 Å². The SMILES string of the molecule is COCCOC(=O)N1C(=O)[C@@]2(c3cc(C#CC4=CCCCC4)ccc31)[C@H](c1ccc(O)cc1)N1[C@H](c3ccccc3)[C@H](c3ccccc3)OC(=O)[C@H]1[C@@H]2C(=O)NCCc1ccccn1. The number of phenols is 1. The molecule has 324 valence electrons. The van der Waals surface area contributed by atoms with Crippen LogP contribution in [0.5, 0.6) is 5.75 Å². The number of methoxy groups -OCH3 is 1. The molecular formula is C52H48N4O8. The lowest BCUT2D eigenvalue weighted by Gasteiger charge is -2.46. The fraction of sp³-hybridized carbons (Fsp3) is 0.288. The number of benzene rings is 4. The van der Waals surface area contributed by atoms with Crippen LogP contribution in [0.1, 0.15) is 77.4 Å². The van der Waals surface area contributed by atoms with Gasteiger partial charge in [0.05, 0.1) is 30.3 Å². The second-order valence-corrected chi connectivity index (χ2v) is 16.4. The number of aromatic nitrogens is 1. The molecule has 2 N–H and O–H groups in total. The van der Waals surface area contributed by atoms with Crippen molar-refractivity contribution in [2.75, 3.05) is 31.8 Å². The van der Waals surface area contributed by atoms with E-state index in [9.17, 15) is 9.90 Å². The number of carbonyl (C=O) groups is 4. The van der Waals surface area contributed by atoms with Crippen molar-refractivity contribution in [3.8, 4) is 17.6 Å². The van der Waals surface area contributed by atoms with Gasteiger partial charge in [-0.2, -0.15) is 0 Å². The quantitative estimate of drug-likeness (QED) is 0.0825. The summed E-state index contributed by atoms with van der Waals surface area (Å²) in [5, 5.41) is 13.8. The number of imide groups is 1. The molecule has 64 heavy (non-hydrogen) atoms. The van der Waals surface area contributed by atoms with Crippen molar-refractivity contribution in [1.29, 1.82) is 0 Å². The maximum atomic E-state index is 16.2. The van der Waals surface area contributed by atoms with E-state index in [0.29, 0.717) is 28.7 Å². The third-order valence-corrected chi connectivity index (χ3v) is 12.7. The maximum Gasteiger partial charge on any atom is 0.421 e. The van der Waals surface area contributed by atoms with E-state index in [4.69, 9.17) is 14.2 Å². The van der Waals surface area contributed by atoms with Crippen LogP contribution < -0.4 is 10.2 Å². The van der Waals surface area contributed by atoms with E-state index >= 15 is 14.4 Å². The number of amides is 3. The molecule has 3 amide bonds. The van der Waals surface area contributed by atoms with Crippen LogP contribution in [0.3, 0.4) is 0 Å². The normalized spacial score (nSPS) is 23.6. The Morgan fingerprint density at radius 1 is 0.859 bits per heavy atom. The van der Waals surface area contributed by atoms with Gasteiger partial charge in [0.15, 0.2) is 0 Å². The van der Waals surface area contributed by atoms with Crippen LogP contribution in [0.25, 0.3) is 0 Å². The maximum absolute atomic E-state index is 16.2. The summed E-state index contributed by atoms with van der Waals surface area (Å²) in [5.41, 5.74) is 2.87. The first-order valence-electron chi connectivity index (χ1n) is 21.7. The van der Waals surface area contributed by atoms with E-state index in [1.165, 1.54) is 19.2 Å². The smallest absolute Gasteiger partial charge is 0.421 e. The van der Waals surface area contributed by atoms with Crippen LogP contribution in [0.2, 0.25) is 0 Å². The number of hydrogen-bond acceptors (Lipinski definition) is 10. The standard InChI is InChI=1S/C52H48N4O8/c1-62-31-32-63-51(61)55-42-27-22-35(21-20-34-13-5-2-6-14-34)33-41(42)52(50(55)60)43(48(58)54-30-28-39-19-11-12-29-53-39)45-49(59)64-46(37-17-9-4-10-18-37)44(36-15-7-3-8-16-36)56(45)47(52)38-23-25-40(57)26-24-38/h3-4,7-13,15-19,22-27,29,33,43-47,57H,2,5-6,14,28,30-32H2,1H3,(H,54,58)/t43-,44-,45-,46+,47+,52-/m1/s1. The van der Waals surface area contributed by atoms with Crippen molar-refractivity contribution in [2.45, 2.75) is 61.7 Å². The average Bonchev–Trinajstić information content (AvgIpc) is 3.78. The van der Waals surface area contributed by atoms with Crippen LogP contribution in [0.4, 0.5) is 10.5 Å². The highest BCUT2D eigenvalue weighted by molar-refractivity contribution is 6.23. The number of carbonyl (C=O) groups excluding carboxylic acids is 4. The lowest BCUT2D eigenvalue weighted by Crippen LogP contribution is -2.56. The zero-order chi connectivity index (χ0) is 44.2. The minimum Gasteiger partial charge on any atom is -0.508 e. The molecule has 0 unspecified atom stereocenters. The highest BCUT2D eigenvalue weighted by Crippen LogP contribution is 2.66. The lowest BCUT2D eigenvalue weighted by atomic mass is 9.65. The van der Waals surface area contributed by atoms with Crippen molar-refractivity contribution in [1.82, 2.24) is 15.2 Å². The first-order chi connectivity index (χ1) is 31.3. The van der Waals surface area contributed by atoms with Gasteiger partial charge in [-0.05, 0) is 96.0 Å². The number of morpholine rings is 1. The van der Waals surface area contributed by atoms with Crippen molar-refractivity contribution >= 4 is 29.6 Å². The summed E-state index contributed by atoms with van der Waals surface area (Å²) in [6.07, 6.45) is 6.28. The molecule has 12 nitrogen and oxygen atoms in total. The van der Waals surface area contributed by atoms with Gasteiger partial charge >= 0.3 is 12.1 Å². The van der Waals surface area contributed by atoms with Gasteiger partial charge in [-0.25, -0.2) is 9.69 Å². The van der Waals surface area contributed by atoms with Crippen LogP contribution in [0, 0.1) is 17.8 Å². The zero-order valence-electron chi connectivity index (χ0n) is 35.4. The molecule has 5 aromatic rings. The van der Waals surface area contributed by atoms with Gasteiger partial charge in [0.2, 0.25) is 11.8 Å². The van der Waals surface area contributed by atoms with E-state index < -0.39 is 59.4 Å². The first kappa shape index (κ1) is 42.2. The summed E-state index contributed by atoms with van der Waals surface area (Å²) < 4.78 is 17.4. The number of pyridine rings is 1. The lowest BCUT2D eigenvalue weighted by molar-refractivity contribution is -0.178. The fourth-order valence-corrected chi connectivity index (χ4v) is 9.97. The minimum atomic E-state index is -1.98. The molecule has 1 aromatic heterocycles. The summed E-state index contributed by atoms with van der Waals surface area (Å²) in [6, 6.07) is 32.9. The topological polar surface area (TPSA) is 148 Å². The van der Waals surface area contributed by atoms with Gasteiger partial charge in [-0.15, -0.1) is 0 Å². The molecule has 6 atom stereocenters. The molecule has 1 spiro atoms. The van der Waals surface area contributed by atoms with Gasteiger partial charge in [0.1, 0.15) is 29.9 Å². The number of phenolic OH excluding ortho intramolecular Hbond substituents is 1. The molecule has 2 fully saturated rings. The van der Waals surface area contributed by atoms with Crippen LogP contribution in [0.15, 0.2) is 139 Å². The number of nitrogens with one attached hydrogen (secondary N) is 1. The number of fused-ring (bicyclic) bond motifs is 3. The monoisotopic (exact) mass is 856 g/mol. The van der Waals surface area contributed by atoms with E-state index in [1.807, 2.05) is 83.8 Å². The van der Waals surface area contributed by atoms with Gasteiger partial charge < -0.3 is 24.6 Å². The third-order valence-electron chi connectivity index (χ3n) is 12.7.